The molecule has 1 heterocycles. The maximum absolute atomic E-state index is 11.7. The van der Waals surface area contributed by atoms with Crippen molar-refractivity contribution in [3.05, 3.63) is 0 Å². The number of hydrogen-bond acceptors (Lipinski definition) is 4. The van der Waals surface area contributed by atoms with Crippen LogP contribution < -0.4 is 10.6 Å². The Hall–Kier alpha value is -1.99. The lowest BCUT2D eigenvalue weighted by Crippen LogP contribution is -2.51. The van der Waals surface area contributed by atoms with Gasteiger partial charge < -0.3 is 25.4 Å². The number of alkyl carbamates (subject to hydrolysis) is 1. The molecular formula is C11H19N3O5. The summed E-state index contributed by atoms with van der Waals surface area (Å²) in [5.74, 6) is -0.422. The van der Waals surface area contributed by atoms with Crippen LogP contribution in [0.25, 0.3) is 0 Å². The molecule has 1 fully saturated rings. The van der Waals surface area contributed by atoms with Crippen LogP contribution >= 0.6 is 0 Å². The topological polar surface area (TPSA) is 108 Å². The van der Waals surface area contributed by atoms with Gasteiger partial charge in [0.25, 0.3) is 0 Å². The van der Waals surface area contributed by atoms with E-state index in [-0.39, 0.29) is 19.6 Å². The highest BCUT2D eigenvalue weighted by molar-refractivity contribution is 5.86. The minimum Gasteiger partial charge on any atom is -0.465 e. The van der Waals surface area contributed by atoms with E-state index in [9.17, 15) is 14.4 Å². The molecule has 0 radical (unpaired) electrons. The average molecular weight is 273 g/mol. The highest BCUT2D eigenvalue weighted by atomic mass is 16.6. The van der Waals surface area contributed by atoms with E-state index >= 15 is 0 Å². The zero-order valence-electron chi connectivity index (χ0n) is 11.2. The summed E-state index contributed by atoms with van der Waals surface area (Å²) >= 11 is 0. The molecule has 0 aliphatic carbocycles. The zero-order chi connectivity index (χ0) is 14.6. The molecule has 1 aliphatic rings. The van der Waals surface area contributed by atoms with E-state index in [1.165, 1.54) is 0 Å². The van der Waals surface area contributed by atoms with Gasteiger partial charge >= 0.3 is 12.2 Å². The van der Waals surface area contributed by atoms with Crippen LogP contribution in [0.3, 0.4) is 0 Å². The van der Waals surface area contributed by atoms with Gasteiger partial charge in [-0.1, -0.05) is 0 Å². The number of carboxylic acid groups (broad SMARTS) is 1. The van der Waals surface area contributed by atoms with Gasteiger partial charge in [-0.2, -0.15) is 0 Å². The summed E-state index contributed by atoms with van der Waals surface area (Å²) in [6.07, 6.45) is -1.88. The molecule has 0 unspecified atom stereocenters. The first-order valence-corrected chi connectivity index (χ1v) is 5.94. The molecule has 1 atom stereocenters. The Morgan fingerprint density at radius 2 is 2.11 bits per heavy atom. The summed E-state index contributed by atoms with van der Waals surface area (Å²) in [4.78, 5) is 35.3. The maximum atomic E-state index is 11.7. The van der Waals surface area contributed by atoms with E-state index < -0.39 is 29.7 Å². The zero-order valence-corrected chi connectivity index (χ0v) is 11.2. The molecule has 1 rings (SSSR count). The Morgan fingerprint density at radius 3 is 2.63 bits per heavy atom. The van der Waals surface area contributed by atoms with Gasteiger partial charge in [-0.3, -0.25) is 4.79 Å². The van der Waals surface area contributed by atoms with E-state index in [2.05, 4.69) is 10.6 Å². The van der Waals surface area contributed by atoms with Crippen molar-refractivity contribution in [1.29, 1.82) is 0 Å². The third-order valence-corrected chi connectivity index (χ3v) is 2.36. The Labute approximate surface area is 111 Å². The summed E-state index contributed by atoms with van der Waals surface area (Å²) in [5, 5.41) is 13.8. The summed E-state index contributed by atoms with van der Waals surface area (Å²) in [5.41, 5.74) is -0.683. The molecule has 8 heteroatoms. The Balaban J connectivity index is 2.65. The Kier molecular flexibility index (Phi) is 4.57. The van der Waals surface area contributed by atoms with E-state index in [0.29, 0.717) is 0 Å². The molecule has 0 aromatic rings. The van der Waals surface area contributed by atoms with Crippen molar-refractivity contribution in [2.75, 3.05) is 19.6 Å². The molecule has 8 nitrogen and oxygen atoms in total. The molecular weight excluding hydrogens is 254 g/mol. The summed E-state index contributed by atoms with van der Waals surface area (Å²) < 4.78 is 5.03. The van der Waals surface area contributed by atoms with Gasteiger partial charge in [0.05, 0.1) is 6.54 Å². The standard InChI is InChI=1S/C11H19N3O5/c1-11(2,3)19-9(16)13-7-6-14(10(17)18)5-4-12-8(7)15/h7H,4-6H2,1-3H3,(H,12,15)(H,13,16)(H,17,18)/t7-/m1/s1. The molecule has 3 N–H and O–H groups in total. The predicted octanol–water partition coefficient (Wildman–Crippen LogP) is -0.0105. The summed E-state index contributed by atoms with van der Waals surface area (Å²) in [6.45, 7) is 5.40. The molecule has 0 aromatic carbocycles. The van der Waals surface area contributed by atoms with Crippen LogP contribution in [0.1, 0.15) is 20.8 Å². The van der Waals surface area contributed by atoms with Crippen LogP contribution in [-0.4, -0.2) is 59.4 Å². The highest BCUT2D eigenvalue weighted by Crippen LogP contribution is 2.07. The first-order chi connectivity index (χ1) is 8.69. The number of rotatable bonds is 1. The van der Waals surface area contributed by atoms with Crippen LogP contribution in [-0.2, 0) is 9.53 Å². The van der Waals surface area contributed by atoms with Gasteiger partial charge in [-0.15, -0.1) is 0 Å². The third kappa shape index (κ3) is 5.02. The molecule has 1 saturated heterocycles. The molecule has 0 spiro atoms. The Bertz CT molecular complexity index is 377. The van der Waals surface area contributed by atoms with Crippen molar-refractivity contribution < 1.29 is 24.2 Å². The number of ether oxygens (including phenoxy) is 1. The van der Waals surface area contributed by atoms with Crippen molar-refractivity contribution in [3.63, 3.8) is 0 Å². The smallest absolute Gasteiger partial charge is 0.408 e. The monoisotopic (exact) mass is 273 g/mol. The van der Waals surface area contributed by atoms with E-state index in [4.69, 9.17) is 9.84 Å². The largest absolute Gasteiger partial charge is 0.465 e. The fourth-order valence-electron chi connectivity index (χ4n) is 1.57. The normalized spacial score (nSPS) is 20.3. The minimum absolute atomic E-state index is 0.0968. The van der Waals surface area contributed by atoms with Crippen molar-refractivity contribution >= 4 is 18.1 Å². The second-order valence-corrected chi connectivity index (χ2v) is 5.22. The van der Waals surface area contributed by atoms with E-state index in [0.717, 1.165) is 4.90 Å². The van der Waals surface area contributed by atoms with Gasteiger partial charge in [0.15, 0.2) is 0 Å². The lowest BCUT2D eigenvalue weighted by atomic mass is 10.2. The first kappa shape index (κ1) is 15.1. The van der Waals surface area contributed by atoms with Crippen LogP contribution in [0.15, 0.2) is 0 Å². The van der Waals surface area contributed by atoms with Gasteiger partial charge in [0, 0.05) is 13.1 Å². The highest BCUT2D eigenvalue weighted by Gasteiger charge is 2.30. The summed E-state index contributed by atoms with van der Waals surface area (Å²) in [6, 6.07) is -0.951. The summed E-state index contributed by atoms with van der Waals surface area (Å²) in [7, 11) is 0. The lowest BCUT2D eigenvalue weighted by molar-refractivity contribution is -0.122. The number of amides is 3. The fourth-order valence-corrected chi connectivity index (χ4v) is 1.57. The van der Waals surface area contributed by atoms with Crippen molar-refractivity contribution in [3.8, 4) is 0 Å². The molecule has 0 aromatic heterocycles. The SMILES string of the molecule is CC(C)(C)OC(=O)N[C@@H]1CN(C(=O)O)CCNC1=O. The average Bonchev–Trinajstić information content (AvgIpc) is 2.39. The fraction of sp³-hybridized carbons (Fsp3) is 0.727. The van der Waals surface area contributed by atoms with Crippen LogP contribution in [0, 0.1) is 0 Å². The van der Waals surface area contributed by atoms with Crippen LogP contribution in [0.5, 0.6) is 0 Å². The third-order valence-electron chi connectivity index (χ3n) is 2.36. The number of nitrogens with zero attached hydrogens (tertiary/aromatic N) is 1. The van der Waals surface area contributed by atoms with Gasteiger partial charge in [-0.25, -0.2) is 9.59 Å². The van der Waals surface area contributed by atoms with Gasteiger partial charge in [-0.05, 0) is 20.8 Å². The predicted molar refractivity (Wildman–Crippen MR) is 65.8 cm³/mol. The van der Waals surface area contributed by atoms with Gasteiger partial charge in [0.2, 0.25) is 5.91 Å². The molecule has 19 heavy (non-hydrogen) atoms. The molecule has 108 valence electrons. The minimum atomic E-state index is -1.13. The van der Waals surface area contributed by atoms with E-state index in [1.54, 1.807) is 20.8 Å². The first-order valence-electron chi connectivity index (χ1n) is 5.94. The Morgan fingerprint density at radius 1 is 1.47 bits per heavy atom. The molecule has 0 saturated carbocycles. The maximum Gasteiger partial charge on any atom is 0.408 e. The number of hydrogen-bond donors (Lipinski definition) is 3. The second kappa shape index (κ2) is 5.77. The number of nitrogens with one attached hydrogen (secondary N) is 2. The number of carbonyl (C=O) groups excluding carboxylic acids is 2. The molecule has 0 bridgehead atoms. The molecule has 3 amide bonds. The lowest BCUT2D eigenvalue weighted by Gasteiger charge is -2.24. The van der Waals surface area contributed by atoms with Crippen molar-refractivity contribution in [2.24, 2.45) is 0 Å². The van der Waals surface area contributed by atoms with Gasteiger partial charge in [0.1, 0.15) is 11.6 Å². The quantitative estimate of drug-likeness (QED) is 0.622. The van der Waals surface area contributed by atoms with Crippen LogP contribution in [0.4, 0.5) is 9.59 Å². The second-order valence-electron chi connectivity index (χ2n) is 5.22. The van der Waals surface area contributed by atoms with E-state index in [1.807, 2.05) is 0 Å². The van der Waals surface area contributed by atoms with Crippen molar-refractivity contribution in [1.82, 2.24) is 15.5 Å². The van der Waals surface area contributed by atoms with Crippen molar-refractivity contribution in [2.45, 2.75) is 32.4 Å². The molecule has 1 aliphatic heterocycles. The number of carbonyl (C=O) groups is 3. The van der Waals surface area contributed by atoms with Crippen LogP contribution in [0.2, 0.25) is 0 Å².